The van der Waals surface area contributed by atoms with Crippen LogP contribution >= 0.6 is 11.3 Å². The summed E-state index contributed by atoms with van der Waals surface area (Å²) in [6.45, 7) is 0.566. The third-order valence-electron chi connectivity index (χ3n) is 10.6. The lowest BCUT2D eigenvalue weighted by Gasteiger charge is -2.30. The maximum absolute atomic E-state index is 14.4. The first-order valence-electron chi connectivity index (χ1n) is 18.8. The number of cyclic esters (lactones) is 1. The first-order valence-corrected chi connectivity index (χ1v) is 21.2. The van der Waals surface area contributed by atoms with Gasteiger partial charge in [0.1, 0.15) is 33.3 Å². The van der Waals surface area contributed by atoms with Crippen molar-refractivity contribution in [1.29, 1.82) is 0 Å². The van der Waals surface area contributed by atoms with Crippen LogP contribution < -0.4 is 25.4 Å². The first-order chi connectivity index (χ1) is 26.0. The molecule has 7 rings (SSSR count). The monoisotopic (exact) mass is 782 g/mol. The van der Waals surface area contributed by atoms with Crippen molar-refractivity contribution in [3.8, 4) is 16.3 Å². The molecule has 1 saturated heterocycles. The number of nitrogens with zero attached hydrogens (tertiary/aromatic N) is 2. The van der Waals surface area contributed by atoms with Gasteiger partial charge in [-0.05, 0) is 76.3 Å². The van der Waals surface area contributed by atoms with Crippen molar-refractivity contribution in [2.24, 2.45) is 5.92 Å². The minimum atomic E-state index is -3.90. The highest BCUT2D eigenvalue weighted by Gasteiger charge is 2.62. The summed E-state index contributed by atoms with van der Waals surface area (Å²) in [6.07, 6.45) is 10.9. The van der Waals surface area contributed by atoms with Crippen LogP contribution in [0, 0.1) is 5.92 Å². The number of aromatic nitrogens is 1. The lowest BCUT2D eigenvalue weighted by molar-refractivity contribution is -0.141. The molecule has 3 fully saturated rings. The molecule has 5 amide bonds. The van der Waals surface area contributed by atoms with Gasteiger partial charge in [0.15, 0.2) is 0 Å². The summed E-state index contributed by atoms with van der Waals surface area (Å²) in [6, 6.07) is 4.63. The Morgan fingerprint density at radius 1 is 0.981 bits per heavy atom. The number of carbonyl (C=O) groups is 5. The van der Waals surface area contributed by atoms with E-state index in [1.807, 2.05) is 36.4 Å². The van der Waals surface area contributed by atoms with Gasteiger partial charge >= 0.3 is 6.09 Å². The number of ether oxygens (including phenoxy) is 2. The molecule has 54 heavy (non-hydrogen) atoms. The van der Waals surface area contributed by atoms with Crippen LogP contribution in [0.3, 0.4) is 0 Å². The van der Waals surface area contributed by atoms with E-state index in [9.17, 15) is 32.4 Å². The Hall–Kier alpha value is -4.51. The van der Waals surface area contributed by atoms with Crippen LogP contribution in [-0.2, 0) is 29.1 Å². The van der Waals surface area contributed by atoms with Gasteiger partial charge in [0, 0.05) is 24.1 Å². The Balaban J connectivity index is 1.17. The molecule has 5 atom stereocenters. The number of sulfonamides is 1. The number of rotatable bonds is 3. The van der Waals surface area contributed by atoms with Crippen LogP contribution in [-0.4, -0.2) is 96.7 Å². The van der Waals surface area contributed by atoms with Crippen molar-refractivity contribution in [3.05, 3.63) is 47.5 Å². The van der Waals surface area contributed by atoms with Gasteiger partial charge in [-0.2, -0.15) is 0 Å². The summed E-state index contributed by atoms with van der Waals surface area (Å²) >= 11 is 1.20. The Kier molecular flexibility index (Phi) is 11.2. The minimum Gasteiger partial charge on any atom is -0.494 e. The van der Waals surface area contributed by atoms with Crippen molar-refractivity contribution in [3.63, 3.8) is 0 Å². The fourth-order valence-corrected chi connectivity index (χ4v) is 9.49. The second-order valence-corrected chi connectivity index (χ2v) is 17.7. The van der Waals surface area contributed by atoms with Crippen molar-refractivity contribution >= 4 is 51.1 Å². The molecule has 4 N–H and O–H groups in total. The fraction of sp³-hybridized carbons (Fsp3) is 0.568. The SMILES string of the molecule is O=C1N[C@H]2CCCCCC=C[C@@H]3C[C@@]3(C(=O)NS(=O)(=O)C3CC3)NC(=O)[C@@H]3C[C@H](CN3C2=O)NC(=O)c2cnc(s2)-c2cccc(c2)OCCCCCO1. The van der Waals surface area contributed by atoms with Gasteiger partial charge in [-0.15, -0.1) is 11.3 Å². The number of allylic oxidation sites excluding steroid dienone is 1. The van der Waals surface area contributed by atoms with E-state index in [-0.39, 0.29) is 26.0 Å². The van der Waals surface area contributed by atoms with Crippen molar-refractivity contribution in [2.45, 2.75) is 106 Å². The first kappa shape index (κ1) is 37.8. The zero-order chi connectivity index (χ0) is 37.9. The van der Waals surface area contributed by atoms with Gasteiger partial charge in [-0.1, -0.05) is 37.1 Å². The molecular formula is C37H46N6O9S2. The van der Waals surface area contributed by atoms with E-state index < -0.39 is 74.6 Å². The highest BCUT2D eigenvalue weighted by atomic mass is 32.2. The molecule has 7 bridgehead atoms. The third kappa shape index (κ3) is 8.72. The van der Waals surface area contributed by atoms with Crippen LogP contribution in [0.4, 0.5) is 4.79 Å². The molecule has 5 aliphatic rings. The maximum Gasteiger partial charge on any atom is 0.407 e. The Bertz CT molecular complexity index is 1910. The molecule has 17 heteroatoms. The Morgan fingerprint density at radius 3 is 2.59 bits per heavy atom. The van der Waals surface area contributed by atoms with Crippen LogP contribution in [0.1, 0.15) is 86.7 Å². The standard InChI is InChI=1S/C37H46N6O9S2/c44-31-29-19-25-22-43(29)34(46)28(13-6-3-1-2-5-11-24-20-37(24,41-31)35(47)42-54(49,50)27-14-15-27)40-36(48)52-17-8-4-7-16-51-26-12-9-10-23(18-26)33-38-21-30(53-33)32(45)39-25/h5,9-12,18,21,24-25,27-29H,1-4,6-8,13-17,19-20,22H2,(H,39,45)(H,40,48)(H,41,44)(H,42,47)/t24-,25-,28+,29+,37-/m1/s1. The van der Waals surface area contributed by atoms with Crippen molar-refractivity contribution in [1.82, 2.24) is 30.6 Å². The average Bonchev–Trinajstić information content (AvgIpc) is 4.02. The molecular weight excluding hydrogens is 737 g/mol. The number of hydrogen-bond acceptors (Lipinski definition) is 11. The van der Waals surface area contributed by atoms with E-state index in [0.29, 0.717) is 60.8 Å². The van der Waals surface area contributed by atoms with Gasteiger partial charge in [-0.25, -0.2) is 18.2 Å². The van der Waals surface area contributed by atoms with E-state index in [4.69, 9.17) is 9.47 Å². The smallest absolute Gasteiger partial charge is 0.407 e. The molecule has 3 aliphatic heterocycles. The zero-order valence-corrected chi connectivity index (χ0v) is 31.6. The number of carbonyl (C=O) groups excluding carboxylic acids is 5. The normalized spacial score (nSPS) is 28.6. The number of benzene rings is 1. The minimum absolute atomic E-state index is 0.0180. The van der Waals surface area contributed by atoms with Crippen molar-refractivity contribution < 1.29 is 41.9 Å². The van der Waals surface area contributed by atoms with E-state index in [1.54, 1.807) is 0 Å². The second kappa shape index (κ2) is 16.1. The molecule has 2 aliphatic carbocycles. The van der Waals surface area contributed by atoms with Crippen LogP contribution in [0.15, 0.2) is 42.6 Å². The third-order valence-corrected chi connectivity index (χ3v) is 13.5. The Morgan fingerprint density at radius 2 is 1.78 bits per heavy atom. The number of amides is 5. The molecule has 0 radical (unpaired) electrons. The summed E-state index contributed by atoms with van der Waals surface area (Å²) < 4.78 is 39.2. The van der Waals surface area contributed by atoms with Crippen molar-refractivity contribution in [2.75, 3.05) is 19.8 Å². The predicted octanol–water partition coefficient (Wildman–Crippen LogP) is 3.17. The topological polar surface area (TPSA) is 202 Å². The number of alkyl carbamates (subject to hydrolysis) is 1. The van der Waals surface area contributed by atoms with E-state index in [1.165, 1.54) is 22.4 Å². The van der Waals surface area contributed by atoms with E-state index >= 15 is 0 Å². The molecule has 290 valence electrons. The molecule has 1 aromatic carbocycles. The van der Waals surface area contributed by atoms with Gasteiger partial charge < -0.3 is 30.3 Å². The molecule has 4 heterocycles. The summed E-state index contributed by atoms with van der Waals surface area (Å²) in [7, 11) is -3.90. The highest BCUT2D eigenvalue weighted by Crippen LogP contribution is 2.46. The highest BCUT2D eigenvalue weighted by molar-refractivity contribution is 7.91. The second-order valence-electron chi connectivity index (χ2n) is 14.7. The van der Waals surface area contributed by atoms with Gasteiger partial charge in [0.2, 0.25) is 21.8 Å². The van der Waals surface area contributed by atoms with Gasteiger partial charge in [0.05, 0.1) is 24.7 Å². The molecule has 1 aromatic heterocycles. The molecule has 2 aromatic rings. The van der Waals surface area contributed by atoms with Crippen LogP contribution in [0.25, 0.3) is 10.6 Å². The van der Waals surface area contributed by atoms with Gasteiger partial charge in [-0.3, -0.25) is 23.9 Å². The van der Waals surface area contributed by atoms with Crippen LogP contribution in [0.5, 0.6) is 5.75 Å². The molecule has 0 unspecified atom stereocenters. The summed E-state index contributed by atoms with van der Waals surface area (Å²) in [4.78, 5) is 75.0. The number of nitrogens with one attached hydrogen (secondary N) is 4. The fourth-order valence-electron chi connectivity index (χ4n) is 7.31. The number of thiazole rings is 1. The average molecular weight is 783 g/mol. The summed E-state index contributed by atoms with van der Waals surface area (Å²) in [5, 5.41) is 8.52. The predicted molar refractivity (Wildman–Crippen MR) is 198 cm³/mol. The zero-order valence-electron chi connectivity index (χ0n) is 29.9. The summed E-state index contributed by atoms with van der Waals surface area (Å²) in [5.74, 6) is -2.18. The molecule has 2 saturated carbocycles. The quantitative estimate of drug-likeness (QED) is 0.335. The lowest BCUT2D eigenvalue weighted by atomic mass is 10.0. The van der Waals surface area contributed by atoms with E-state index in [2.05, 4.69) is 25.7 Å². The van der Waals surface area contributed by atoms with Gasteiger partial charge in [0.25, 0.3) is 11.8 Å². The maximum atomic E-state index is 14.4. The van der Waals surface area contributed by atoms with Crippen LogP contribution in [0.2, 0.25) is 0 Å². The molecule has 15 nitrogen and oxygen atoms in total. The largest absolute Gasteiger partial charge is 0.494 e. The lowest BCUT2D eigenvalue weighted by Crippen LogP contribution is -2.58. The van der Waals surface area contributed by atoms with E-state index in [0.717, 1.165) is 31.2 Å². The number of hydrogen-bond donors (Lipinski definition) is 4. The molecule has 0 spiro atoms. The Labute approximate surface area is 318 Å². The summed E-state index contributed by atoms with van der Waals surface area (Å²) in [5.41, 5.74) is -0.731. The number of fused-ring (bicyclic) bond motifs is 8.